The van der Waals surface area contributed by atoms with Crippen LogP contribution in [-0.2, 0) is 0 Å². The maximum absolute atomic E-state index is 12.2. The normalized spacial score (nSPS) is 10.8. The molecule has 0 heterocycles. The molecule has 3 nitrogen and oxygen atoms in total. The van der Waals surface area contributed by atoms with E-state index in [0.717, 1.165) is 16.4 Å². The Morgan fingerprint density at radius 3 is 2.42 bits per heavy atom. The van der Waals surface area contributed by atoms with Gasteiger partial charge in [0.25, 0.3) is 5.91 Å². The van der Waals surface area contributed by atoms with E-state index in [0.29, 0.717) is 17.1 Å². The Kier molecular flexibility index (Phi) is 8.27. The molecule has 0 spiro atoms. The lowest BCUT2D eigenvalue weighted by Crippen LogP contribution is -2.52. The van der Waals surface area contributed by atoms with Crippen molar-refractivity contribution in [3.63, 3.8) is 0 Å². The molecule has 1 aromatic rings. The molecule has 108 valence electrons. The Morgan fingerprint density at radius 2 is 2.00 bits per heavy atom. The number of benzene rings is 1. The highest BCUT2D eigenvalue weighted by atomic mass is 127. The number of hydrogen-bond acceptors (Lipinski definition) is 2. The van der Waals surface area contributed by atoms with Crippen molar-refractivity contribution in [2.24, 2.45) is 5.73 Å². The van der Waals surface area contributed by atoms with Gasteiger partial charge in [-0.3, -0.25) is 4.79 Å². The second-order valence-electron chi connectivity index (χ2n) is 4.27. The monoisotopic (exact) mass is 416 g/mol. The van der Waals surface area contributed by atoms with Crippen molar-refractivity contribution < 1.29 is 4.79 Å². The van der Waals surface area contributed by atoms with Gasteiger partial charge < -0.3 is 11.1 Å². The van der Waals surface area contributed by atoms with Gasteiger partial charge in [-0.2, -0.15) is 0 Å². The van der Waals surface area contributed by atoms with Crippen LogP contribution in [0.25, 0.3) is 0 Å². The van der Waals surface area contributed by atoms with E-state index in [1.54, 1.807) is 12.1 Å². The summed E-state index contributed by atoms with van der Waals surface area (Å²) >= 11 is 8.25. The van der Waals surface area contributed by atoms with Gasteiger partial charge in [-0.05, 0) is 53.6 Å². The molecule has 1 rings (SSSR count). The van der Waals surface area contributed by atoms with E-state index in [4.69, 9.17) is 17.3 Å². The molecule has 0 saturated carbocycles. The lowest BCUT2D eigenvalue weighted by molar-refractivity contribution is 0.0895. The molecule has 3 N–H and O–H groups in total. The summed E-state index contributed by atoms with van der Waals surface area (Å²) in [7, 11) is 0. The molecule has 0 atom stereocenters. The van der Waals surface area contributed by atoms with Gasteiger partial charge in [0, 0.05) is 10.1 Å². The van der Waals surface area contributed by atoms with E-state index < -0.39 is 0 Å². The second kappa shape index (κ2) is 8.29. The first kappa shape index (κ1) is 19.0. The summed E-state index contributed by atoms with van der Waals surface area (Å²) in [5.74, 6) is -0.162. The zero-order chi connectivity index (χ0) is 13.8. The van der Waals surface area contributed by atoms with Crippen LogP contribution in [0.4, 0.5) is 0 Å². The van der Waals surface area contributed by atoms with Crippen LogP contribution < -0.4 is 11.1 Å². The van der Waals surface area contributed by atoms with Crippen molar-refractivity contribution in [2.45, 2.75) is 32.2 Å². The summed E-state index contributed by atoms with van der Waals surface area (Å²) in [6.45, 7) is 4.46. The minimum absolute atomic E-state index is 0. The Labute approximate surface area is 139 Å². The van der Waals surface area contributed by atoms with E-state index in [-0.39, 0.29) is 23.9 Å². The number of nitrogens with one attached hydrogen (secondary N) is 1. The second-order valence-corrected chi connectivity index (χ2v) is 5.92. The van der Waals surface area contributed by atoms with Crippen molar-refractivity contribution in [1.82, 2.24) is 5.32 Å². The Balaban J connectivity index is 0.00000324. The molecule has 0 aliphatic rings. The maximum atomic E-state index is 12.2. The largest absolute Gasteiger partial charge is 0.345 e. The number of halogens is 3. The Bertz CT molecular complexity index is 428. The fraction of sp³-hybridized carbons (Fsp3) is 0.462. The highest BCUT2D eigenvalue weighted by Gasteiger charge is 2.27. The van der Waals surface area contributed by atoms with Crippen LogP contribution in [0.3, 0.4) is 0 Å². The van der Waals surface area contributed by atoms with Gasteiger partial charge in [0.2, 0.25) is 0 Å². The molecule has 1 amide bonds. The van der Waals surface area contributed by atoms with E-state index in [2.05, 4.69) is 27.9 Å². The summed E-state index contributed by atoms with van der Waals surface area (Å²) in [5, 5.41) is 3.48. The van der Waals surface area contributed by atoms with Crippen LogP contribution >= 0.6 is 46.6 Å². The van der Waals surface area contributed by atoms with Crippen molar-refractivity contribution in [3.05, 3.63) is 32.4 Å². The quantitative estimate of drug-likeness (QED) is 0.720. The molecular formula is C13H19Cl2IN2O. The van der Waals surface area contributed by atoms with Gasteiger partial charge in [0.05, 0.1) is 16.1 Å². The first-order valence-electron chi connectivity index (χ1n) is 5.95. The molecular weight excluding hydrogens is 398 g/mol. The van der Waals surface area contributed by atoms with E-state index >= 15 is 0 Å². The number of amides is 1. The van der Waals surface area contributed by atoms with Crippen LogP contribution in [0, 0.1) is 3.57 Å². The first-order valence-corrected chi connectivity index (χ1v) is 7.41. The minimum Gasteiger partial charge on any atom is -0.345 e. The molecule has 0 unspecified atom stereocenters. The number of hydrogen-bond donors (Lipinski definition) is 2. The third kappa shape index (κ3) is 4.77. The third-order valence-electron chi connectivity index (χ3n) is 3.30. The molecule has 0 saturated heterocycles. The number of nitrogens with two attached hydrogens (primary N) is 1. The van der Waals surface area contributed by atoms with Crippen molar-refractivity contribution >= 4 is 52.5 Å². The average Bonchev–Trinajstić information content (AvgIpc) is 2.36. The lowest BCUT2D eigenvalue weighted by atomic mass is 9.92. The Morgan fingerprint density at radius 1 is 1.42 bits per heavy atom. The fourth-order valence-corrected chi connectivity index (χ4v) is 2.69. The molecule has 0 bridgehead atoms. The molecule has 0 radical (unpaired) electrons. The van der Waals surface area contributed by atoms with Crippen molar-refractivity contribution in [1.29, 1.82) is 0 Å². The van der Waals surface area contributed by atoms with Gasteiger partial charge in [-0.1, -0.05) is 25.4 Å². The molecule has 0 aliphatic heterocycles. The van der Waals surface area contributed by atoms with E-state index in [9.17, 15) is 4.79 Å². The van der Waals surface area contributed by atoms with Crippen LogP contribution in [0.1, 0.15) is 37.0 Å². The average molecular weight is 417 g/mol. The number of carbonyl (C=O) groups excluding carboxylic acids is 1. The summed E-state index contributed by atoms with van der Waals surface area (Å²) < 4.78 is 1.00. The number of carbonyl (C=O) groups is 1. The van der Waals surface area contributed by atoms with Gasteiger partial charge in [-0.25, -0.2) is 0 Å². The van der Waals surface area contributed by atoms with E-state index in [1.165, 1.54) is 0 Å². The lowest BCUT2D eigenvalue weighted by Gasteiger charge is -2.31. The SMILES string of the molecule is CCC(CC)(CN)NC(=O)c1ccc(I)cc1Cl.Cl. The van der Waals surface area contributed by atoms with Crippen LogP contribution in [0.2, 0.25) is 5.02 Å². The summed E-state index contributed by atoms with van der Waals surface area (Å²) in [6, 6.07) is 5.38. The fourth-order valence-electron chi connectivity index (χ4n) is 1.75. The van der Waals surface area contributed by atoms with Gasteiger partial charge in [0.15, 0.2) is 0 Å². The molecule has 1 aromatic carbocycles. The van der Waals surface area contributed by atoms with Gasteiger partial charge in [0.1, 0.15) is 0 Å². The van der Waals surface area contributed by atoms with Crippen molar-refractivity contribution in [2.75, 3.05) is 6.54 Å². The topological polar surface area (TPSA) is 55.1 Å². The molecule has 6 heteroatoms. The summed E-state index contributed by atoms with van der Waals surface area (Å²) in [6.07, 6.45) is 1.60. The predicted octanol–water partition coefficient (Wildman–Crippen LogP) is 3.61. The maximum Gasteiger partial charge on any atom is 0.253 e. The van der Waals surface area contributed by atoms with Gasteiger partial charge >= 0.3 is 0 Å². The van der Waals surface area contributed by atoms with E-state index in [1.807, 2.05) is 19.9 Å². The first-order chi connectivity index (χ1) is 8.48. The minimum atomic E-state index is -0.344. The standard InChI is InChI=1S/C13H18ClIN2O.ClH/c1-3-13(4-2,8-16)17-12(18)10-6-5-9(15)7-11(10)14;/h5-7H,3-4,8,16H2,1-2H3,(H,17,18);1H. The summed E-state index contributed by atoms with van der Waals surface area (Å²) in [5.41, 5.74) is 5.92. The highest BCUT2D eigenvalue weighted by Crippen LogP contribution is 2.21. The zero-order valence-electron chi connectivity index (χ0n) is 11.0. The molecule has 0 aromatic heterocycles. The van der Waals surface area contributed by atoms with Gasteiger partial charge in [-0.15, -0.1) is 12.4 Å². The smallest absolute Gasteiger partial charge is 0.253 e. The highest BCUT2D eigenvalue weighted by molar-refractivity contribution is 14.1. The van der Waals surface area contributed by atoms with Crippen molar-refractivity contribution in [3.8, 4) is 0 Å². The predicted molar refractivity (Wildman–Crippen MR) is 91.3 cm³/mol. The molecule has 0 aliphatic carbocycles. The molecule has 0 fully saturated rings. The Hall–Kier alpha value is -0.0400. The van der Waals surface area contributed by atoms with Crippen LogP contribution in [0.5, 0.6) is 0 Å². The number of rotatable bonds is 5. The molecule has 19 heavy (non-hydrogen) atoms. The van der Waals surface area contributed by atoms with Crippen LogP contribution in [-0.4, -0.2) is 18.0 Å². The third-order valence-corrected chi connectivity index (χ3v) is 4.28. The zero-order valence-corrected chi connectivity index (χ0v) is 14.7. The van der Waals surface area contributed by atoms with Crippen LogP contribution in [0.15, 0.2) is 18.2 Å². The summed E-state index contributed by atoms with van der Waals surface area (Å²) in [4.78, 5) is 12.2.